The van der Waals surface area contributed by atoms with Crippen molar-refractivity contribution in [2.24, 2.45) is 5.73 Å². The van der Waals surface area contributed by atoms with E-state index < -0.39 is 0 Å². The Labute approximate surface area is 118 Å². The highest BCUT2D eigenvalue weighted by Crippen LogP contribution is 2.28. The standard InChI is InChI=1S/C17H30N2/c1-12-7-8-16(15(4)14(12)3)17(5,6)11-19-10-9-13(2)18/h7-8,13,19H,9-11,18H2,1-6H3. The zero-order chi connectivity index (χ0) is 14.6. The molecule has 0 amide bonds. The van der Waals surface area contributed by atoms with E-state index in [1.54, 1.807) is 0 Å². The van der Waals surface area contributed by atoms with Gasteiger partial charge in [0, 0.05) is 18.0 Å². The fraction of sp³-hybridized carbons (Fsp3) is 0.647. The van der Waals surface area contributed by atoms with Gasteiger partial charge in [0.1, 0.15) is 0 Å². The fourth-order valence-corrected chi connectivity index (χ4v) is 2.52. The predicted octanol–water partition coefficient (Wildman–Crippen LogP) is 3.22. The first-order valence-corrected chi connectivity index (χ1v) is 7.29. The Hall–Kier alpha value is -0.860. The summed E-state index contributed by atoms with van der Waals surface area (Å²) < 4.78 is 0. The molecule has 0 fully saturated rings. The summed E-state index contributed by atoms with van der Waals surface area (Å²) in [6.07, 6.45) is 1.03. The van der Waals surface area contributed by atoms with E-state index in [0.29, 0.717) is 0 Å². The summed E-state index contributed by atoms with van der Waals surface area (Å²) >= 11 is 0. The molecule has 0 saturated carbocycles. The summed E-state index contributed by atoms with van der Waals surface area (Å²) in [5.41, 5.74) is 11.6. The van der Waals surface area contributed by atoms with Crippen LogP contribution in [0.4, 0.5) is 0 Å². The van der Waals surface area contributed by atoms with Crippen molar-refractivity contribution in [2.75, 3.05) is 13.1 Å². The third-order valence-corrected chi connectivity index (χ3v) is 4.13. The van der Waals surface area contributed by atoms with Gasteiger partial charge in [0.2, 0.25) is 0 Å². The molecule has 0 aliphatic rings. The molecule has 0 aliphatic heterocycles. The molecule has 108 valence electrons. The van der Waals surface area contributed by atoms with Gasteiger partial charge in [0.15, 0.2) is 0 Å². The Kier molecular flexibility index (Phi) is 5.57. The zero-order valence-electron chi connectivity index (χ0n) is 13.4. The molecule has 0 spiro atoms. The lowest BCUT2D eigenvalue weighted by Gasteiger charge is -2.29. The first-order chi connectivity index (χ1) is 8.75. The average molecular weight is 262 g/mol. The first-order valence-electron chi connectivity index (χ1n) is 7.29. The number of rotatable bonds is 6. The lowest BCUT2D eigenvalue weighted by molar-refractivity contribution is 0.456. The highest BCUT2D eigenvalue weighted by atomic mass is 14.9. The number of hydrogen-bond donors (Lipinski definition) is 2. The van der Waals surface area contributed by atoms with Crippen LogP contribution in [0.3, 0.4) is 0 Å². The summed E-state index contributed by atoms with van der Waals surface area (Å²) in [7, 11) is 0. The summed E-state index contributed by atoms with van der Waals surface area (Å²) in [4.78, 5) is 0. The van der Waals surface area contributed by atoms with Crippen LogP contribution < -0.4 is 11.1 Å². The monoisotopic (exact) mass is 262 g/mol. The van der Waals surface area contributed by atoms with Crippen molar-refractivity contribution in [3.8, 4) is 0 Å². The van der Waals surface area contributed by atoms with Crippen LogP contribution >= 0.6 is 0 Å². The lowest BCUT2D eigenvalue weighted by Crippen LogP contribution is -2.35. The Bertz CT molecular complexity index is 420. The minimum absolute atomic E-state index is 0.153. The molecule has 3 N–H and O–H groups in total. The molecule has 2 heteroatoms. The van der Waals surface area contributed by atoms with Gasteiger partial charge in [0.25, 0.3) is 0 Å². The minimum Gasteiger partial charge on any atom is -0.328 e. The van der Waals surface area contributed by atoms with Gasteiger partial charge >= 0.3 is 0 Å². The van der Waals surface area contributed by atoms with Crippen molar-refractivity contribution in [2.45, 2.75) is 59.4 Å². The van der Waals surface area contributed by atoms with Crippen molar-refractivity contribution in [1.82, 2.24) is 5.32 Å². The fourth-order valence-electron chi connectivity index (χ4n) is 2.52. The van der Waals surface area contributed by atoms with E-state index in [2.05, 4.69) is 59.0 Å². The molecular formula is C17H30N2. The van der Waals surface area contributed by atoms with Crippen molar-refractivity contribution >= 4 is 0 Å². The van der Waals surface area contributed by atoms with E-state index in [-0.39, 0.29) is 11.5 Å². The number of benzene rings is 1. The molecule has 1 rings (SSSR count). The normalized spacial score (nSPS) is 13.6. The van der Waals surface area contributed by atoms with Gasteiger partial charge in [-0.25, -0.2) is 0 Å². The molecule has 19 heavy (non-hydrogen) atoms. The molecule has 2 nitrogen and oxygen atoms in total. The molecule has 1 unspecified atom stereocenters. The zero-order valence-corrected chi connectivity index (χ0v) is 13.4. The highest BCUT2D eigenvalue weighted by molar-refractivity contribution is 5.42. The summed E-state index contributed by atoms with van der Waals surface area (Å²) in [6, 6.07) is 4.80. The molecule has 0 radical (unpaired) electrons. The van der Waals surface area contributed by atoms with E-state index in [9.17, 15) is 0 Å². The molecule has 0 aromatic heterocycles. The van der Waals surface area contributed by atoms with E-state index in [1.807, 2.05) is 0 Å². The van der Waals surface area contributed by atoms with Crippen molar-refractivity contribution < 1.29 is 0 Å². The van der Waals surface area contributed by atoms with Crippen molar-refractivity contribution in [1.29, 1.82) is 0 Å². The Morgan fingerprint density at radius 1 is 1.16 bits per heavy atom. The summed E-state index contributed by atoms with van der Waals surface area (Å²) in [6.45, 7) is 15.3. The van der Waals surface area contributed by atoms with E-state index >= 15 is 0 Å². The van der Waals surface area contributed by atoms with E-state index in [1.165, 1.54) is 22.3 Å². The second-order valence-electron chi connectivity index (χ2n) is 6.51. The quantitative estimate of drug-likeness (QED) is 0.773. The van der Waals surface area contributed by atoms with Gasteiger partial charge in [-0.1, -0.05) is 26.0 Å². The maximum absolute atomic E-state index is 5.77. The predicted molar refractivity (Wildman–Crippen MR) is 84.8 cm³/mol. The Morgan fingerprint density at radius 3 is 2.37 bits per heavy atom. The molecule has 1 aromatic rings. The maximum Gasteiger partial charge on any atom is 0.00432 e. The molecule has 1 atom stereocenters. The smallest absolute Gasteiger partial charge is 0.00432 e. The lowest BCUT2D eigenvalue weighted by atomic mass is 9.80. The second-order valence-corrected chi connectivity index (χ2v) is 6.51. The number of aryl methyl sites for hydroxylation is 1. The van der Waals surface area contributed by atoms with Crippen LogP contribution in [0.1, 0.15) is 49.4 Å². The average Bonchev–Trinajstić information content (AvgIpc) is 2.31. The first kappa shape index (κ1) is 16.2. The van der Waals surface area contributed by atoms with Crippen LogP contribution in [-0.2, 0) is 5.41 Å². The third-order valence-electron chi connectivity index (χ3n) is 4.13. The van der Waals surface area contributed by atoms with Gasteiger partial charge < -0.3 is 11.1 Å². The van der Waals surface area contributed by atoms with Gasteiger partial charge in [-0.3, -0.25) is 0 Å². The molecular weight excluding hydrogens is 232 g/mol. The largest absolute Gasteiger partial charge is 0.328 e. The topological polar surface area (TPSA) is 38.0 Å². The second kappa shape index (κ2) is 6.53. The Morgan fingerprint density at radius 2 is 1.79 bits per heavy atom. The van der Waals surface area contributed by atoms with E-state index in [0.717, 1.165) is 19.5 Å². The van der Waals surface area contributed by atoms with Crippen LogP contribution in [0, 0.1) is 20.8 Å². The summed E-state index contributed by atoms with van der Waals surface area (Å²) in [5, 5.41) is 3.54. The summed E-state index contributed by atoms with van der Waals surface area (Å²) in [5.74, 6) is 0. The molecule has 0 saturated heterocycles. The van der Waals surface area contributed by atoms with Gasteiger partial charge in [0.05, 0.1) is 0 Å². The number of nitrogens with one attached hydrogen (secondary N) is 1. The van der Waals surface area contributed by atoms with Crippen LogP contribution in [0.2, 0.25) is 0 Å². The van der Waals surface area contributed by atoms with Crippen molar-refractivity contribution in [3.05, 3.63) is 34.4 Å². The SMILES string of the molecule is Cc1ccc(C(C)(C)CNCCC(C)N)c(C)c1C. The van der Waals surface area contributed by atoms with Crippen LogP contribution in [0.15, 0.2) is 12.1 Å². The van der Waals surface area contributed by atoms with Crippen molar-refractivity contribution in [3.63, 3.8) is 0 Å². The van der Waals surface area contributed by atoms with Gasteiger partial charge in [-0.15, -0.1) is 0 Å². The maximum atomic E-state index is 5.77. The number of nitrogens with two attached hydrogens (primary N) is 1. The minimum atomic E-state index is 0.153. The molecule has 0 bridgehead atoms. The van der Waals surface area contributed by atoms with Crippen LogP contribution in [0.25, 0.3) is 0 Å². The molecule has 0 heterocycles. The Balaban J connectivity index is 2.74. The van der Waals surface area contributed by atoms with Crippen LogP contribution in [-0.4, -0.2) is 19.1 Å². The van der Waals surface area contributed by atoms with Gasteiger partial charge in [-0.2, -0.15) is 0 Å². The van der Waals surface area contributed by atoms with Crippen LogP contribution in [0.5, 0.6) is 0 Å². The molecule has 0 aliphatic carbocycles. The van der Waals surface area contributed by atoms with E-state index in [4.69, 9.17) is 5.73 Å². The highest BCUT2D eigenvalue weighted by Gasteiger charge is 2.22. The van der Waals surface area contributed by atoms with Gasteiger partial charge in [-0.05, 0) is 62.9 Å². The third kappa shape index (κ3) is 4.32. The number of hydrogen-bond acceptors (Lipinski definition) is 2. The molecule has 1 aromatic carbocycles.